The average Bonchev–Trinajstić information content (AvgIpc) is 1.73. The molecule has 15 amide bonds. The fraction of sp³-hybridized carbons (Fsp3) is 0.489. The van der Waals surface area contributed by atoms with Gasteiger partial charge in [0.25, 0.3) is 0 Å². The molecule has 0 saturated carbocycles. The van der Waals surface area contributed by atoms with Gasteiger partial charge in [-0.2, -0.15) is 0 Å². The zero-order valence-corrected chi connectivity index (χ0v) is 74.8. The van der Waals surface area contributed by atoms with Crippen LogP contribution in [0.2, 0.25) is 0 Å². The van der Waals surface area contributed by atoms with Crippen molar-refractivity contribution in [3.8, 4) is 5.75 Å². The third-order valence-corrected chi connectivity index (χ3v) is 24.5. The summed E-state index contributed by atoms with van der Waals surface area (Å²) in [5, 5.41) is 83.8. The highest BCUT2D eigenvalue weighted by molar-refractivity contribution is 8.00. The van der Waals surface area contributed by atoms with E-state index in [1.807, 2.05) is 38.1 Å². The van der Waals surface area contributed by atoms with Crippen LogP contribution < -0.4 is 70.4 Å². The highest BCUT2D eigenvalue weighted by atomic mass is 32.2. The van der Waals surface area contributed by atoms with Gasteiger partial charge in [-0.15, -0.1) is 16.9 Å². The molecule has 2 fully saturated rings. The highest BCUT2D eigenvalue weighted by Gasteiger charge is 2.46. The van der Waals surface area contributed by atoms with Crippen LogP contribution >= 0.6 is 11.8 Å². The number of hydrogen-bond donors (Lipinski definition) is 19. The Morgan fingerprint density at radius 1 is 0.609 bits per heavy atom. The lowest BCUT2D eigenvalue weighted by Crippen LogP contribution is -2.60. The van der Waals surface area contributed by atoms with Crippen LogP contribution in [0, 0.1) is 5.92 Å². The Morgan fingerprint density at radius 3 is 1.94 bits per heavy atom. The number of phenols is 1. The smallest absolute Gasteiger partial charge is 0.305 e. The van der Waals surface area contributed by atoms with E-state index < -0.39 is 261 Å². The van der Waals surface area contributed by atoms with E-state index in [9.17, 15) is 73.2 Å². The number of hydrogen-bond acceptors (Lipinski definition) is 26. The number of tetrazole rings is 1. The summed E-state index contributed by atoms with van der Waals surface area (Å²) in [5.74, 6) is -19.8. The lowest BCUT2D eigenvalue weighted by Gasteiger charge is -2.32. The number of rotatable bonds is 24. The summed E-state index contributed by atoms with van der Waals surface area (Å²) in [6.07, 6.45) is 0.263. The molecule has 3 aliphatic rings. The number of para-hydroxylation sites is 1. The number of phenolic OH excluding ortho intramolecular Hbond substituents is 1. The number of carbonyl (C=O) groups is 17. The van der Waals surface area contributed by atoms with Crippen molar-refractivity contribution in [3.63, 3.8) is 0 Å². The number of likely N-dealkylation sites (N-methyl/N-ethyl adjacent to an activating group) is 1. The van der Waals surface area contributed by atoms with E-state index in [1.54, 1.807) is 48.7 Å². The van der Waals surface area contributed by atoms with E-state index in [4.69, 9.17) is 17.2 Å². The predicted molar refractivity (Wildman–Crippen MR) is 479 cm³/mol. The number of carboxylic acids is 1. The van der Waals surface area contributed by atoms with Crippen LogP contribution in [0.4, 0.5) is 0 Å². The van der Waals surface area contributed by atoms with Crippen LogP contribution in [0.5, 0.6) is 5.75 Å². The van der Waals surface area contributed by atoms with Crippen molar-refractivity contribution in [2.24, 2.45) is 23.1 Å². The lowest BCUT2D eigenvalue weighted by molar-refractivity contribution is -0.146. The number of ketones is 1. The first-order valence-corrected chi connectivity index (χ1v) is 45.1. The second kappa shape index (κ2) is 48.4. The molecule has 15 atom stereocenters. The second-order valence-corrected chi connectivity index (χ2v) is 34.3. The number of aliphatic hydroxyl groups is 2. The number of amides is 15. The van der Waals surface area contributed by atoms with Gasteiger partial charge in [-0.25, -0.2) is 9.67 Å². The van der Waals surface area contributed by atoms with Crippen LogP contribution in [-0.4, -0.2) is 295 Å². The third-order valence-electron chi connectivity index (χ3n) is 23.5. The molecule has 10 rings (SSSR count). The van der Waals surface area contributed by atoms with Crippen molar-refractivity contribution in [1.82, 2.24) is 103 Å². The Bertz CT molecular complexity index is 5340. The Labute approximate surface area is 767 Å². The van der Waals surface area contributed by atoms with Crippen LogP contribution in [0.3, 0.4) is 0 Å². The van der Waals surface area contributed by atoms with E-state index >= 15 is 28.8 Å². The van der Waals surface area contributed by atoms with Crippen molar-refractivity contribution in [1.29, 1.82) is 0 Å². The maximum atomic E-state index is 15.7. The van der Waals surface area contributed by atoms with Gasteiger partial charge in [0.1, 0.15) is 72.2 Å². The molecule has 6 heterocycles. The van der Waals surface area contributed by atoms with Crippen LogP contribution in [0.1, 0.15) is 145 Å². The molecular weight excluding hydrogens is 1750 g/mol. The summed E-state index contributed by atoms with van der Waals surface area (Å²) in [4.78, 5) is 258. The number of primary amides is 2. The van der Waals surface area contributed by atoms with Crippen molar-refractivity contribution in [2.75, 3.05) is 51.3 Å². The largest absolute Gasteiger partial charge is 0.508 e. The molecule has 0 aliphatic carbocycles. The van der Waals surface area contributed by atoms with Gasteiger partial charge < -0.3 is 115 Å². The molecule has 2 saturated heterocycles. The standard InChI is InChI=1S/C88H115N23O21S/c1-5-7-21-67-84(128)102-64(38-89)82(126)104-66(79(123)94-41-73(91)117)44-133-45-74(118)97-61(31-48-24-26-54(113)27-25-48)80(124)96-47(3)77(121)101-63(37-75(119)120)87(131)109-30-14-23-68(109)85(129)100-62(35-53-40-92-46-95-53)81(125)98-59(28-29-72(90)116)86(130)110-42-55(114)36-70(110)71(115)34-51(32-52-39-93-58-20-12-11-19-57(52)58)78(122)103-65(43-112)83(127)99-60(33-50-17-13-16-49-15-9-10-18-56(49)50)76-105-106-107-111(76)69(22-8-6-2)88(132)108(67)4/h9-13,15-20,24-27,39-40,46-47,51,55,59-70,93,112-114H,5-8,14,21-23,28-38,41-45,89H2,1-4H3,(H2,90,116)(H2,91,117)(H,92,95)(H,94,123)(H,96,124)(H,97,118)(H,98,125)(H,99,127)(H,100,129)(H,101,121)(H,102,128)(H,103,122)(H,104,126)(H,119,120)/t47-,51-,55-,59+,60+,61+,62+,63+,64+,65+,66+,67+,68+,69+,70+/m1/s1. The van der Waals surface area contributed by atoms with Crippen molar-refractivity contribution in [3.05, 3.63) is 138 Å². The van der Waals surface area contributed by atoms with Crippen LogP contribution in [-0.2, 0) is 107 Å². The zero-order valence-electron chi connectivity index (χ0n) is 74.0. The molecule has 3 aromatic heterocycles. The Kier molecular flexibility index (Phi) is 36.8. The molecule has 0 spiro atoms. The number of nitrogens with zero attached hydrogens (tertiary/aromatic N) is 8. The summed E-state index contributed by atoms with van der Waals surface area (Å²) in [6.45, 7) is 1.75. The zero-order chi connectivity index (χ0) is 96.3. The molecule has 714 valence electrons. The summed E-state index contributed by atoms with van der Waals surface area (Å²) >= 11 is 0.740. The fourth-order valence-electron chi connectivity index (χ4n) is 16.4. The molecule has 133 heavy (non-hydrogen) atoms. The molecule has 3 aliphatic heterocycles. The molecule has 45 heteroatoms. The number of H-pyrrole nitrogens is 2. The number of nitrogens with two attached hydrogens (primary N) is 3. The van der Waals surface area contributed by atoms with E-state index in [-0.39, 0.29) is 75.2 Å². The van der Waals surface area contributed by atoms with E-state index in [0.717, 1.165) is 37.2 Å². The number of aliphatic carboxylic acids is 1. The minimum Gasteiger partial charge on any atom is -0.508 e. The van der Waals surface area contributed by atoms with Gasteiger partial charge in [-0.05, 0) is 102 Å². The van der Waals surface area contributed by atoms with Gasteiger partial charge in [0, 0.05) is 106 Å². The first-order valence-electron chi connectivity index (χ1n) is 44.0. The second-order valence-electron chi connectivity index (χ2n) is 33.3. The average molecular weight is 1860 g/mol. The summed E-state index contributed by atoms with van der Waals surface area (Å²) in [5.41, 5.74) is 19.7. The number of imidazole rings is 1. The maximum Gasteiger partial charge on any atom is 0.305 e. The number of carbonyl (C=O) groups excluding carboxylic acids is 16. The number of aromatic hydroxyl groups is 1. The van der Waals surface area contributed by atoms with Gasteiger partial charge in [0.2, 0.25) is 88.6 Å². The quantitative estimate of drug-likeness (QED) is 0.0288. The molecular formula is C88H115N23O21S. The van der Waals surface area contributed by atoms with Gasteiger partial charge in [-0.1, -0.05) is 112 Å². The number of thioether (sulfide) groups is 1. The molecule has 0 unspecified atom stereocenters. The Morgan fingerprint density at radius 2 is 1.25 bits per heavy atom. The minimum absolute atomic E-state index is 0.00263. The van der Waals surface area contributed by atoms with Crippen molar-refractivity contribution < 1.29 is 102 Å². The topological polar surface area (TPSA) is 667 Å². The first kappa shape index (κ1) is 101. The normalized spacial score (nSPS) is 24.7. The minimum atomic E-state index is -1.93. The van der Waals surface area contributed by atoms with Gasteiger partial charge in [0.05, 0.1) is 49.8 Å². The molecule has 4 aromatic carbocycles. The van der Waals surface area contributed by atoms with Crippen LogP contribution in [0.25, 0.3) is 21.7 Å². The molecule has 44 nitrogen and oxygen atoms in total. The summed E-state index contributed by atoms with van der Waals surface area (Å²) in [6, 6.07) is 4.59. The Hall–Kier alpha value is -13.8. The number of unbranched alkanes of at least 4 members (excludes halogenated alkanes) is 2. The third kappa shape index (κ3) is 27.7. The van der Waals surface area contributed by atoms with E-state index in [0.29, 0.717) is 53.3 Å². The number of fused-ring (bicyclic) bond motifs is 5. The number of aliphatic hydroxyl groups excluding tert-OH is 2. The first-order chi connectivity index (χ1) is 63.7. The van der Waals surface area contributed by atoms with Crippen molar-refractivity contribution >= 4 is 134 Å². The number of nitrogens with one attached hydrogen (secondary N) is 12. The van der Waals surface area contributed by atoms with Gasteiger partial charge in [-0.3, -0.25) is 81.5 Å². The van der Waals surface area contributed by atoms with Gasteiger partial charge in [0.15, 0.2) is 11.6 Å². The number of benzene rings is 4. The SMILES string of the molecule is CCCC[C@H]1C(=O)N[C@@H](CN)C(=O)N[C@H](C(=O)NCC(N)=O)CSCC(=O)N[C@@H](Cc2ccc(O)cc2)C(=O)N[C@H](C)C(=O)N[C@@H](CC(=O)O)C(=O)N2CCC[C@H]2C(=O)N[C@@H](Cc2cnc[nH]2)C(=O)N[C@@H](CCC(N)=O)C(=O)N2C[C@H](O)C[C@H]2C(=O)C[C@@H](Cc2c[nH]c3ccccc23)C(=O)N[C@@H](CO)C(=O)N[C@@H](Cc2cccc3ccccc23)c2nnnn2[C@@H](CCCC)C(=O)N1C. The molecule has 0 bridgehead atoms. The van der Waals surface area contributed by atoms with Crippen molar-refractivity contribution in [2.45, 2.75) is 215 Å². The predicted octanol–water partition coefficient (Wildman–Crippen LogP) is -2.92. The van der Waals surface area contributed by atoms with Gasteiger partial charge >= 0.3 is 5.97 Å². The number of aromatic amines is 2. The lowest BCUT2D eigenvalue weighted by atomic mass is 9.90. The summed E-state index contributed by atoms with van der Waals surface area (Å²) in [7, 11) is 1.36. The summed E-state index contributed by atoms with van der Waals surface area (Å²) < 4.78 is 1.21. The highest BCUT2D eigenvalue weighted by Crippen LogP contribution is 2.32. The molecule has 0 radical (unpaired) electrons. The number of aromatic nitrogens is 7. The number of carboxylic acid groups (broad SMARTS) is 1. The van der Waals surface area contributed by atoms with Crippen LogP contribution in [0.15, 0.2) is 110 Å². The monoisotopic (exact) mass is 1860 g/mol. The maximum absolute atomic E-state index is 15.7. The molecule has 22 N–H and O–H groups in total. The number of Topliss-reactive ketones (excluding diaryl/α,β-unsaturated/α-hetero) is 1. The Balaban J connectivity index is 1.02. The van der Waals surface area contributed by atoms with E-state index in [1.165, 1.54) is 55.4 Å². The molecule has 7 aromatic rings. The fourth-order valence-corrected chi connectivity index (χ4v) is 17.3. The van der Waals surface area contributed by atoms with E-state index in [2.05, 4.69) is 83.6 Å².